The number of rotatable bonds is 7. The molecule has 1 fully saturated rings. The summed E-state index contributed by atoms with van der Waals surface area (Å²) < 4.78 is 28.6. The Morgan fingerprint density at radius 2 is 1.85 bits per heavy atom. The molecule has 2 heterocycles. The van der Waals surface area contributed by atoms with Crippen molar-refractivity contribution in [1.82, 2.24) is 4.57 Å². The average molecular weight is 507 g/mol. The Morgan fingerprint density at radius 1 is 1.12 bits per heavy atom. The van der Waals surface area contributed by atoms with E-state index in [9.17, 15) is 13.2 Å². The van der Waals surface area contributed by atoms with E-state index in [-0.39, 0.29) is 23.0 Å². The smallest absolute Gasteiger partial charge is 0.314 e. The summed E-state index contributed by atoms with van der Waals surface area (Å²) in [4.78, 5) is 18.9. The van der Waals surface area contributed by atoms with E-state index >= 15 is 0 Å². The first kappa shape index (κ1) is 24.1. The Kier molecular flexibility index (Phi) is 7.38. The van der Waals surface area contributed by atoms with E-state index in [1.54, 1.807) is 42.6 Å². The molecule has 1 amide bonds. The predicted molar refractivity (Wildman–Crippen MR) is 133 cm³/mol. The molecule has 0 unspecified atom stereocenters. The lowest BCUT2D eigenvalue weighted by Gasteiger charge is -2.39. The lowest BCUT2D eigenvalue weighted by Crippen LogP contribution is -2.57. The van der Waals surface area contributed by atoms with Crippen LogP contribution < -0.4 is 4.80 Å². The van der Waals surface area contributed by atoms with E-state index in [0.29, 0.717) is 22.6 Å². The van der Waals surface area contributed by atoms with Gasteiger partial charge in [-0.2, -0.15) is 0 Å². The van der Waals surface area contributed by atoms with Gasteiger partial charge in [0.25, 0.3) is 0 Å². The largest absolute Gasteiger partial charge is 0.318 e. The molecule has 6 nitrogen and oxygen atoms in total. The molecule has 1 saturated heterocycles. The number of halogens is 1. The second-order valence-corrected chi connectivity index (χ2v) is 12.0. The minimum absolute atomic E-state index is 0.0247. The van der Waals surface area contributed by atoms with Gasteiger partial charge >= 0.3 is 5.91 Å². The van der Waals surface area contributed by atoms with Gasteiger partial charge in [0.2, 0.25) is 0 Å². The van der Waals surface area contributed by atoms with Crippen molar-refractivity contribution in [2.24, 2.45) is 4.99 Å². The number of carbonyl (C=O) groups is 1. The third-order valence-corrected chi connectivity index (χ3v) is 9.37. The zero-order valence-electron chi connectivity index (χ0n) is 18.7. The summed E-state index contributed by atoms with van der Waals surface area (Å²) in [5.41, 5.74) is 0. The molecular weight excluding hydrogens is 478 g/mol. The minimum Gasteiger partial charge on any atom is -0.318 e. The summed E-state index contributed by atoms with van der Waals surface area (Å²) in [6.07, 6.45) is 5.12. The highest BCUT2D eigenvalue weighted by atomic mass is 35.5. The summed E-state index contributed by atoms with van der Waals surface area (Å²) in [6, 6.07) is 10.4. The Balaban J connectivity index is 1.49. The van der Waals surface area contributed by atoms with Crippen LogP contribution in [0.5, 0.6) is 0 Å². The predicted octanol–water partition coefficient (Wildman–Crippen LogP) is 4.28. The zero-order valence-corrected chi connectivity index (χ0v) is 21.1. The lowest BCUT2D eigenvalue weighted by molar-refractivity contribution is -0.860. The summed E-state index contributed by atoms with van der Waals surface area (Å²) in [6.45, 7) is 2.92. The molecule has 176 valence electrons. The van der Waals surface area contributed by atoms with Gasteiger partial charge in [-0.05, 0) is 54.3 Å². The first-order valence-corrected chi connectivity index (χ1v) is 14.1. The maximum Gasteiger partial charge on any atom is 0.314 e. The third-order valence-electron chi connectivity index (χ3n) is 6.54. The van der Waals surface area contributed by atoms with Gasteiger partial charge in [0.1, 0.15) is 6.54 Å². The zero-order chi connectivity index (χ0) is 23.5. The van der Waals surface area contributed by atoms with Crippen molar-refractivity contribution in [3.05, 3.63) is 57.8 Å². The van der Waals surface area contributed by atoms with Crippen LogP contribution in [-0.4, -0.2) is 55.8 Å². The molecule has 0 radical (unpaired) electrons. The van der Waals surface area contributed by atoms with Gasteiger partial charge in [0.05, 0.1) is 36.7 Å². The molecule has 2 aromatic carbocycles. The molecule has 1 aromatic heterocycles. The number of thiazole rings is 1. The van der Waals surface area contributed by atoms with Crippen molar-refractivity contribution in [1.29, 1.82) is 0 Å². The number of benzene rings is 2. The van der Waals surface area contributed by atoms with Crippen LogP contribution in [0.4, 0.5) is 0 Å². The Labute approximate surface area is 203 Å². The summed E-state index contributed by atoms with van der Waals surface area (Å²) in [5.74, 6) is -0.150. The summed E-state index contributed by atoms with van der Waals surface area (Å²) in [5, 5.41) is 4.31. The fourth-order valence-electron chi connectivity index (χ4n) is 4.63. The highest BCUT2D eigenvalue weighted by Gasteiger charge is 2.38. The van der Waals surface area contributed by atoms with Crippen molar-refractivity contribution in [2.45, 2.75) is 37.1 Å². The molecule has 0 spiro atoms. The van der Waals surface area contributed by atoms with E-state index in [4.69, 9.17) is 11.6 Å². The number of fused-ring (bicyclic) bond motifs is 1. The Hall–Kier alpha value is -2.00. The van der Waals surface area contributed by atoms with Crippen molar-refractivity contribution in [3.8, 4) is 0 Å². The number of piperidine rings is 1. The number of hydrogen-bond donors (Lipinski definition) is 0. The van der Waals surface area contributed by atoms with Crippen LogP contribution in [-0.2, 0) is 21.2 Å². The molecule has 0 aliphatic carbocycles. The summed E-state index contributed by atoms with van der Waals surface area (Å²) >= 11 is 7.61. The molecule has 0 atom stereocenters. The topological polar surface area (TPSA) is 68.5 Å². The first-order valence-electron chi connectivity index (χ1n) is 11.2. The highest BCUT2D eigenvalue weighted by molar-refractivity contribution is 7.91. The van der Waals surface area contributed by atoms with Crippen LogP contribution in [0.25, 0.3) is 10.8 Å². The molecule has 3 aromatic rings. The second kappa shape index (κ2) is 10.1. The van der Waals surface area contributed by atoms with Crippen molar-refractivity contribution in [3.63, 3.8) is 0 Å². The standard InChI is InChI=1S/C24H29ClN3O3S2/c1-26-24-27(11-15-32-24)10-14-28(12-3-2-4-13-28)23(29)9-16-33(30,31)22-8-6-19-17-21(25)7-5-20(19)18-22/h5-8,11,15,17-18H,2-4,9-10,12-14,16H2,1H3/q+1. The molecular formula is C24H29ClN3O3S2+. The van der Waals surface area contributed by atoms with Crippen molar-refractivity contribution < 1.29 is 17.7 Å². The monoisotopic (exact) mass is 506 g/mol. The van der Waals surface area contributed by atoms with Gasteiger partial charge in [0.15, 0.2) is 14.6 Å². The number of nitrogens with zero attached hydrogens (tertiary/aromatic N) is 3. The minimum atomic E-state index is -3.57. The van der Waals surface area contributed by atoms with Gasteiger partial charge in [-0.15, -0.1) is 11.3 Å². The maximum absolute atomic E-state index is 13.4. The normalized spacial score (nSPS) is 16.8. The quantitative estimate of drug-likeness (QED) is 0.449. The molecule has 1 aliphatic rings. The SMILES string of the molecule is CN=c1sccn1CC[N+]1(C(=O)CCS(=O)(=O)c2ccc3cc(Cl)ccc3c2)CCCCC1. The van der Waals surface area contributed by atoms with E-state index in [2.05, 4.69) is 9.56 Å². The fourth-order valence-corrected chi connectivity index (χ4v) is 6.79. The number of sulfone groups is 1. The van der Waals surface area contributed by atoms with Crippen molar-refractivity contribution in [2.75, 3.05) is 32.4 Å². The molecule has 0 N–H and O–H groups in total. The molecule has 0 bridgehead atoms. The number of amides is 1. The van der Waals surface area contributed by atoms with Gasteiger partial charge < -0.3 is 4.57 Å². The van der Waals surface area contributed by atoms with Crippen molar-refractivity contribution >= 4 is 49.5 Å². The molecule has 33 heavy (non-hydrogen) atoms. The van der Waals surface area contributed by atoms with Crippen LogP contribution in [0.2, 0.25) is 5.02 Å². The Bertz CT molecular complexity index is 1320. The average Bonchev–Trinajstić information content (AvgIpc) is 3.29. The van der Waals surface area contributed by atoms with Gasteiger partial charge in [-0.1, -0.05) is 23.7 Å². The number of carbonyl (C=O) groups excluding carboxylic acids is 1. The summed E-state index contributed by atoms with van der Waals surface area (Å²) in [7, 11) is -1.80. The highest BCUT2D eigenvalue weighted by Crippen LogP contribution is 2.25. The molecule has 0 saturated carbocycles. The lowest BCUT2D eigenvalue weighted by atomic mass is 10.1. The number of aromatic nitrogens is 1. The number of quaternary nitrogens is 1. The Morgan fingerprint density at radius 3 is 2.61 bits per heavy atom. The van der Waals surface area contributed by atoms with E-state index < -0.39 is 9.84 Å². The van der Waals surface area contributed by atoms with E-state index in [1.807, 2.05) is 23.7 Å². The van der Waals surface area contributed by atoms with Crippen LogP contribution in [0, 0.1) is 0 Å². The maximum atomic E-state index is 13.4. The van der Waals surface area contributed by atoms with Gasteiger partial charge in [-0.3, -0.25) is 9.48 Å². The van der Waals surface area contributed by atoms with Gasteiger partial charge in [-0.25, -0.2) is 13.2 Å². The molecule has 4 rings (SSSR count). The van der Waals surface area contributed by atoms with Crippen LogP contribution in [0.1, 0.15) is 25.7 Å². The van der Waals surface area contributed by atoms with Crippen LogP contribution in [0.15, 0.2) is 57.9 Å². The van der Waals surface area contributed by atoms with E-state index in [1.165, 1.54) is 0 Å². The van der Waals surface area contributed by atoms with Crippen LogP contribution in [0.3, 0.4) is 0 Å². The van der Waals surface area contributed by atoms with E-state index in [0.717, 1.165) is 47.9 Å². The fraction of sp³-hybridized carbons (Fsp3) is 0.417. The third kappa shape index (κ3) is 5.40. The second-order valence-electron chi connectivity index (χ2n) is 8.60. The molecule has 1 aliphatic heterocycles. The number of likely N-dealkylation sites (tertiary alicyclic amines) is 1. The van der Waals surface area contributed by atoms with Gasteiger partial charge in [0, 0.05) is 23.6 Å². The number of hydrogen-bond acceptors (Lipinski definition) is 5. The molecule has 9 heteroatoms. The van der Waals surface area contributed by atoms with Crippen LogP contribution >= 0.6 is 22.9 Å². The first-order chi connectivity index (χ1) is 15.8.